The van der Waals surface area contributed by atoms with Crippen LogP contribution in [0.3, 0.4) is 0 Å². The van der Waals surface area contributed by atoms with E-state index in [9.17, 15) is 9.59 Å². The Morgan fingerprint density at radius 2 is 0.872 bits per heavy atom. The van der Waals surface area contributed by atoms with E-state index < -0.39 is 0 Å². The summed E-state index contributed by atoms with van der Waals surface area (Å²) in [6, 6.07) is 26.8. The van der Waals surface area contributed by atoms with Gasteiger partial charge in [0.15, 0.2) is 0 Å². The van der Waals surface area contributed by atoms with Gasteiger partial charge in [-0.25, -0.2) is 10.9 Å². The molecule has 196 valence electrons. The Bertz CT molecular complexity index is 1200. The first-order valence-electron chi connectivity index (χ1n) is 12.9. The van der Waals surface area contributed by atoms with Crippen LogP contribution in [0, 0.1) is 0 Å². The lowest BCUT2D eigenvalue weighted by atomic mass is 10.0. The van der Waals surface area contributed by atoms with Gasteiger partial charge in [0.05, 0.1) is 11.4 Å². The number of unbranched alkanes of at least 4 members (excludes halogenated alkanes) is 2. The van der Waals surface area contributed by atoms with Gasteiger partial charge in [0.25, 0.3) is 0 Å². The van der Waals surface area contributed by atoms with E-state index in [1.54, 1.807) is 24.8 Å². The van der Waals surface area contributed by atoms with Crippen LogP contribution in [-0.4, -0.2) is 33.2 Å². The number of hydrogen-bond donors (Lipinski definition) is 2. The Morgan fingerprint density at radius 1 is 0.513 bits per heavy atom. The summed E-state index contributed by atoms with van der Waals surface area (Å²) in [6.45, 7) is 0. The fraction of sp³-hybridized carbons (Fsp3) is 0.161. The van der Waals surface area contributed by atoms with E-state index in [4.69, 9.17) is 0 Å². The van der Waals surface area contributed by atoms with Crippen LogP contribution in [0.5, 0.6) is 0 Å². The number of hydrazone groups is 2. The lowest BCUT2D eigenvalue weighted by Crippen LogP contribution is -2.21. The first-order chi connectivity index (χ1) is 19.2. The number of carbonyl (C=O) groups excluding carboxylic acids is 2. The first kappa shape index (κ1) is 27.1. The third-order valence-electron chi connectivity index (χ3n) is 5.89. The lowest BCUT2D eigenvalue weighted by Gasteiger charge is -2.08. The molecule has 2 heterocycles. The highest BCUT2D eigenvalue weighted by molar-refractivity contribution is 6.13. The number of nitrogens with one attached hydrogen (secondary N) is 2. The van der Waals surface area contributed by atoms with Crippen molar-refractivity contribution in [3.8, 4) is 0 Å². The zero-order valence-electron chi connectivity index (χ0n) is 21.5. The highest BCUT2D eigenvalue weighted by Gasteiger charge is 2.10. The van der Waals surface area contributed by atoms with Gasteiger partial charge in [-0.15, -0.1) is 0 Å². The van der Waals surface area contributed by atoms with E-state index in [0.717, 1.165) is 28.7 Å². The summed E-state index contributed by atoms with van der Waals surface area (Å²) in [5, 5.41) is 8.78. The third kappa shape index (κ3) is 8.53. The van der Waals surface area contributed by atoms with E-state index in [1.807, 2.05) is 84.9 Å². The van der Waals surface area contributed by atoms with Gasteiger partial charge in [0.2, 0.25) is 11.8 Å². The Labute approximate surface area is 227 Å². The molecule has 0 atom stereocenters. The quantitative estimate of drug-likeness (QED) is 0.159. The largest absolute Gasteiger partial charge is 0.273 e. The number of aromatic nitrogens is 2. The Morgan fingerprint density at radius 3 is 1.26 bits per heavy atom. The predicted octanol–water partition coefficient (Wildman–Crippen LogP) is 4.86. The highest BCUT2D eigenvalue weighted by Crippen LogP contribution is 2.11. The van der Waals surface area contributed by atoms with Crippen LogP contribution in [0.4, 0.5) is 0 Å². The second-order valence-electron chi connectivity index (χ2n) is 8.76. The zero-order chi connectivity index (χ0) is 27.1. The number of rotatable bonds is 12. The molecule has 0 aliphatic rings. The number of pyridine rings is 2. The molecule has 2 amide bonds. The molecule has 2 N–H and O–H groups in total. The smallest absolute Gasteiger partial charge is 0.240 e. The van der Waals surface area contributed by atoms with Crippen LogP contribution in [0.1, 0.15) is 54.4 Å². The number of carbonyl (C=O) groups is 2. The molecule has 4 aromatic rings. The number of benzene rings is 2. The van der Waals surface area contributed by atoms with Crippen molar-refractivity contribution in [2.24, 2.45) is 10.2 Å². The maximum Gasteiger partial charge on any atom is 0.240 e. The van der Waals surface area contributed by atoms with Crippen molar-refractivity contribution in [1.82, 2.24) is 20.8 Å². The van der Waals surface area contributed by atoms with Gasteiger partial charge in [-0.1, -0.05) is 67.1 Å². The molecule has 0 bridgehead atoms. The number of nitrogens with zero attached hydrogens (tertiary/aromatic N) is 4. The molecule has 0 radical (unpaired) electrons. The summed E-state index contributed by atoms with van der Waals surface area (Å²) in [7, 11) is 0. The minimum Gasteiger partial charge on any atom is -0.273 e. The Hall–Kier alpha value is -4.98. The molecule has 0 spiro atoms. The molecule has 2 aromatic heterocycles. The monoisotopic (exact) mass is 518 g/mol. The van der Waals surface area contributed by atoms with Gasteiger partial charge in [-0.05, 0) is 37.1 Å². The van der Waals surface area contributed by atoms with Crippen LogP contribution in [0.15, 0.2) is 120 Å². The Balaban J connectivity index is 1.23. The summed E-state index contributed by atoms with van der Waals surface area (Å²) in [5.74, 6) is -0.340. The minimum atomic E-state index is -0.170. The maximum absolute atomic E-state index is 12.4. The van der Waals surface area contributed by atoms with Crippen molar-refractivity contribution in [3.63, 3.8) is 0 Å². The predicted molar refractivity (Wildman–Crippen MR) is 152 cm³/mol. The molecule has 0 unspecified atom stereocenters. The standard InChI is InChI=1S/C31H30N6O2/c38-28(34-36-30(24-10-4-1-5-11-24)26-16-20-32-21-17-26)14-8-3-9-15-29(39)35-37-31(25-12-6-2-7-13-25)27-18-22-33-23-19-27/h1-2,4-7,10-13,16-23H,3,8-9,14-15H2,(H,34,38)(H,35,39)/b36-30-,37-31+. The van der Waals surface area contributed by atoms with Crippen LogP contribution in [-0.2, 0) is 9.59 Å². The van der Waals surface area contributed by atoms with E-state index in [0.29, 0.717) is 37.1 Å². The zero-order valence-corrected chi connectivity index (χ0v) is 21.5. The molecule has 2 aromatic carbocycles. The topological polar surface area (TPSA) is 109 Å². The van der Waals surface area contributed by atoms with Crippen molar-refractivity contribution in [3.05, 3.63) is 132 Å². The second-order valence-corrected chi connectivity index (χ2v) is 8.76. The van der Waals surface area contributed by atoms with Gasteiger partial charge >= 0.3 is 0 Å². The fourth-order valence-corrected chi connectivity index (χ4v) is 3.90. The molecule has 8 heteroatoms. The van der Waals surface area contributed by atoms with E-state index in [-0.39, 0.29) is 11.8 Å². The normalized spacial score (nSPS) is 11.6. The van der Waals surface area contributed by atoms with Crippen LogP contribution in [0.25, 0.3) is 0 Å². The molecule has 0 saturated heterocycles. The number of hydrogen-bond acceptors (Lipinski definition) is 6. The molecule has 0 saturated carbocycles. The summed E-state index contributed by atoms with van der Waals surface area (Å²) in [5.41, 5.74) is 10.2. The van der Waals surface area contributed by atoms with Gasteiger partial charge in [0, 0.05) is 59.9 Å². The Kier molecular flexibility index (Phi) is 10.2. The van der Waals surface area contributed by atoms with Crippen LogP contribution >= 0.6 is 0 Å². The van der Waals surface area contributed by atoms with Crippen molar-refractivity contribution in [2.45, 2.75) is 32.1 Å². The van der Waals surface area contributed by atoms with Crippen molar-refractivity contribution < 1.29 is 9.59 Å². The van der Waals surface area contributed by atoms with Gasteiger partial charge < -0.3 is 0 Å². The molecule has 4 rings (SSSR count). The average Bonchev–Trinajstić information content (AvgIpc) is 2.99. The maximum atomic E-state index is 12.4. The molecule has 0 aliphatic carbocycles. The second kappa shape index (κ2) is 14.7. The summed E-state index contributed by atoms with van der Waals surface area (Å²) < 4.78 is 0. The molecular weight excluding hydrogens is 488 g/mol. The molecule has 0 fully saturated rings. The fourth-order valence-electron chi connectivity index (χ4n) is 3.90. The van der Waals surface area contributed by atoms with E-state index >= 15 is 0 Å². The summed E-state index contributed by atoms with van der Waals surface area (Å²) in [4.78, 5) is 33.0. The minimum absolute atomic E-state index is 0.170. The van der Waals surface area contributed by atoms with Crippen LogP contribution < -0.4 is 10.9 Å². The molecule has 0 aliphatic heterocycles. The van der Waals surface area contributed by atoms with Gasteiger partial charge in [0.1, 0.15) is 0 Å². The number of amides is 2. The van der Waals surface area contributed by atoms with E-state index in [1.165, 1.54) is 0 Å². The van der Waals surface area contributed by atoms with Crippen LogP contribution in [0.2, 0.25) is 0 Å². The summed E-state index contributed by atoms with van der Waals surface area (Å²) in [6.07, 6.45) is 9.46. The molecular formula is C31H30N6O2. The van der Waals surface area contributed by atoms with Crippen molar-refractivity contribution in [1.29, 1.82) is 0 Å². The van der Waals surface area contributed by atoms with Gasteiger partial charge in [-0.2, -0.15) is 10.2 Å². The lowest BCUT2D eigenvalue weighted by molar-refractivity contribution is -0.121. The SMILES string of the molecule is O=C(CCCCCC(=O)N/N=C(\c1ccccc1)c1ccncc1)N/N=C(/c1ccccc1)c1ccncc1. The molecule has 39 heavy (non-hydrogen) atoms. The summed E-state index contributed by atoms with van der Waals surface area (Å²) >= 11 is 0. The molecule has 8 nitrogen and oxygen atoms in total. The third-order valence-corrected chi connectivity index (χ3v) is 5.89. The average molecular weight is 519 g/mol. The first-order valence-corrected chi connectivity index (χ1v) is 12.9. The van der Waals surface area contributed by atoms with E-state index in [2.05, 4.69) is 31.0 Å². The van der Waals surface area contributed by atoms with Crippen molar-refractivity contribution >= 4 is 23.2 Å². The van der Waals surface area contributed by atoms with Gasteiger partial charge in [-0.3, -0.25) is 19.6 Å². The highest BCUT2D eigenvalue weighted by atomic mass is 16.2. The van der Waals surface area contributed by atoms with Crippen molar-refractivity contribution in [2.75, 3.05) is 0 Å².